The van der Waals surface area contributed by atoms with E-state index in [2.05, 4.69) is 41.2 Å². The minimum absolute atomic E-state index is 0.281. The highest BCUT2D eigenvalue weighted by Gasteiger charge is 2.06. The van der Waals surface area contributed by atoms with Gasteiger partial charge in [-0.25, -0.2) is 0 Å². The Balaban J connectivity index is 2.29. The van der Waals surface area contributed by atoms with Crippen molar-refractivity contribution in [2.75, 3.05) is 19.7 Å². The number of rotatable bonds is 7. The Hall–Kier alpha value is -0.840. The standard InChI is InChI=1S/C15H22BrNO2/c1-11(2)6-7-17-9-13(18)10-19-15-5-4-12(3)8-14(15)16/h4-6,8,13,17-18H,7,9-10H2,1-3H3. The van der Waals surface area contributed by atoms with Crippen LogP contribution in [-0.4, -0.2) is 30.9 Å². The second kappa shape index (κ2) is 8.35. The van der Waals surface area contributed by atoms with Crippen LogP contribution in [0.25, 0.3) is 0 Å². The molecule has 0 aromatic heterocycles. The Labute approximate surface area is 123 Å². The molecular formula is C15H22BrNO2. The van der Waals surface area contributed by atoms with Crippen molar-refractivity contribution >= 4 is 15.9 Å². The van der Waals surface area contributed by atoms with Crippen molar-refractivity contribution in [3.63, 3.8) is 0 Å². The molecule has 0 aliphatic rings. The number of aryl methyl sites for hydroxylation is 1. The molecule has 0 fully saturated rings. The Kier molecular flexibility index (Phi) is 7.13. The number of allylic oxidation sites excluding steroid dienone is 1. The Morgan fingerprint density at radius 1 is 1.47 bits per heavy atom. The van der Waals surface area contributed by atoms with Crippen molar-refractivity contribution in [1.29, 1.82) is 0 Å². The number of hydrogen-bond acceptors (Lipinski definition) is 3. The molecule has 0 aliphatic carbocycles. The second-order valence-electron chi connectivity index (χ2n) is 4.84. The predicted octanol–water partition coefficient (Wildman–Crippen LogP) is 3.05. The monoisotopic (exact) mass is 327 g/mol. The molecule has 0 aliphatic heterocycles. The molecule has 1 unspecified atom stereocenters. The van der Waals surface area contributed by atoms with Gasteiger partial charge in [0.05, 0.1) is 4.47 Å². The lowest BCUT2D eigenvalue weighted by Crippen LogP contribution is -2.31. The molecular weight excluding hydrogens is 306 g/mol. The minimum atomic E-state index is -0.515. The fraction of sp³-hybridized carbons (Fsp3) is 0.467. The molecule has 106 valence electrons. The van der Waals surface area contributed by atoms with E-state index in [4.69, 9.17) is 4.74 Å². The minimum Gasteiger partial charge on any atom is -0.490 e. The molecule has 0 amide bonds. The van der Waals surface area contributed by atoms with Gasteiger partial charge in [0.25, 0.3) is 0 Å². The fourth-order valence-corrected chi connectivity index (χ4v) is 2.10. The molecule has 0 spiro atoms. The smallest absolute Gasteiger partial charge is 0.133 e. The van der Waals surface area contributed by atoms with Gasteiger partial charge in [-0.3, -0.25) is 0 Å². The van der Waals surface area contributed by atoms with E-state index in [0.29, 0.717) is 6.54 Å². The number of nitrogens with one attached hydrogen (secondary N) is 1. The largest absolute Gasteiger partial charge is 0.490 e. The third-order valence-electron chi connectivity index (χ3n) is 2.55. The average molecular weight is 328 g/mol. The van der Waals surface area contributed by atoms with Gasteiger partial charge in [-0.1, -0.05) is 17.7 Å². The van der Waals surface area contributed by atoms with Gasteiger partial charge in [0.2, 0.25) is 0 Å². The molecule has 19 heavy (non-hydrogen) atoms. The van der Waals surface area contributed by atoms with E-state index in [9.17, 15) is 5.11 Å². The van der Waals surface area contributed by atoms with E-state index in [1.165, 1.54) is 11.1 Å². The molecule has 2 N–H and O–H groups in total. The number of aliphatic hydroxyl groups excluding tert-OH is 1. The molecule has 0 saturated heterocycles. The maximum Gasteiger partial charge on any atom is 0.133 e. The van der Waals surface area contributed by atoms with Crippen LogP contribution in [0.5, 0.6) is 5.75 Å². The van der Waals surface area contributed by atoms with Crippen LogP contribution in [-0.2, 0) is 0 Å². The number of aliphatic hydroxyl groups is 1. The predicted molar refractivity (Wildman–Crippen MR) is 82.7 cm³/mol. The fourth-order valence-electron chi connectivity index (χ4n) is 1.49. The molecule has 3 nitrogen and oxygen atoms in total. The van der Waals surface area contributed by atoms with Crippen LogP contribution >= 0.6 is 15.9 Å². The molecule has 1 rings (SSSR count). The Morgan fingerprint density at radius 3 is 2.84 bits per heavy atom. The van der Waals surface area contributed by atoms with Crippen molar-refractivity contribution in [3.05, 3.63) is 39.9 Å². The van der Waals surface area contributed by atoms with E-state index >= 15 is 0 Å². The van der Waals surface area contributed by atoms with Crippen LogP contribution in [0.2, 0.25) is 0 Å². The first kappa shape index (κ1) is 16.2. The quantitative estimate of drug-likeness (QED) is 0.597. The highest BCUT2D eigenvalue weighted by Crippen LogP contribution is 2.25. The highest BCUT2D eigenvalue weighted by molar-refractivity contribution is 9.10. The summed E-state index contributed by atoms with van der Waals surface area (Å²) in [6.45, 7) is 7.70. The first-order valence-corrected chi connectivity index (χ1v) is 7.19. The van der Waals surface area contributed by atoms with Crippen molar-refractivity contribution in [3.8, 4) is 5.75 Å². The van der Waals surface area contributed by atoms with Gasteiger partial charge in [0, 0.05) is 13.1 Å². The summed E-state index contributed by atoms with van der Waals surface area (Å²) < 4.78 is 6.49. The van der Waals surface area contributed by atoms with Gasteiger partial charge < -0.3 is 15.2 Å². The summed E-state index contributed by atoms with van der Waals surface area (Å²) >= 11 is 3.45. The van der Waals surface area contributed by atoms with Gasteiger partial charge in [0.1, 0.15) is 18.5 Å². The van der Waals surface area contributed by atoms with Crippen molar-refractivity contribution in [2.24, 2.45) is 0 Å². The van der Waals surface area contributed by atoms with Gasteiger partial charge >= 0.3 is 0 Å². The number of hydrogen-bond donors (Lipinski definition) is 2. The summed E-state index contributed by atoms with van der Waals surface area (Å²) in [6, 6.07) is 5.89. The lowest BCUT2D eigenvalue weighted by molar-refractivity contribution is 0.107. The zero-order valence-electron chi connectivity index (χ0n) is 11.7. The van der Waals surface area contributed by atoms with E-state index in [-0.39, 0.29) is 6.61 Å². The molecule has 1 aromatic carbocycles. The van der Waals surface area contributed by atoms with Crippen LogP contribution < -0.4 is 10.1 Å². The van der Waals surface area contributed by atoms with E-state index in [0.717, 1.165) is 16.8 Å². The van der Waals surface area contributed by atoms with Crippen molar-refractivity contribution < 1.29 is 9.84 Å². The normalized spacial score (nSPS) is 12.1. The summed E-state index contributed by atoms with van der Waals surface area (Å²) in [7, 11) is 0. The second-order valence-corrected chi connectivity index (χ2v) is 5.69. The molecule has 0 radical (unpaired) electrons. The first-order chi connectivity index (χ1) is 8.99. The topological polar surface area (TPSA) is 41.5 Å². The van der Waals surface area contributed by atoms with Crippen molar-refractivity contribution in [2.45, 2.75) is 26.9 Å². The Morgan fingerprint density at radius 2 is 2.21 bits per heavy atom. The van der Waals surface area contributed by atoms with Gasteiger partial charge in [-0.2, -0.15) is 0 Å². The highest BCUT2D eigenvalue weighted by atomic mass is 79.9. The Bertz CT molecular complexity index is 428. The summed E-state index contributed by atoms with van der Waals surface area (Å²) in [5, 5.41) is 13.0. The molecule has 1 aromatic rings. The summed E-state index contributed by atoms with van der Waals surface area (Å²) in [5.41, 5.74) is 2.44. The molecule has 4 heteroatoms. The van der Waals surface area contributed by atoms with E-state index in [1.807, 2.05) is 25.1 Å². The maximum absolute atomic E-state index is 9.80. The zero-order chi connectivity index (χ0) is 14.3. The summed E-state index contributed by atoms with van der Waals surface area (Å²) in [6.07, 6.45) is 1.57. The van der Waals surface area contributed by atoms with Crippen LogP contribution in [0.4, 0.5) is 0 Å². The number of benzene rings is 1. The van der Waals surface area contributed by atoms with Crippen LogP contribution in [0, 0.1) is 6.92 Å². The van der Waals surface area contributed by atoms with E-state index in [1.54, 1.807) is 0 Å². The van der Waals surface area contributed by atoms with Crippen LogP contribution in [0.1, 0.15) is 19.4 Å². The lowest BCUT2D eigenvalue weighted by Gasteiger charge is -2.14. The molecule has 0 saturated carbocycles. The SMILES string of the molecule is CC(C)=CCNCC(O)COc1ccc(C)cc1Br. The van der Waals surface area contributed by atoms with E-state index < -0.39 is 6.10 Å². The maximum atomic E-state index is 9.80. The molecule has 0 heterocycles. The summed E-state index contributed by atoms with van der Waals surface area (Å²) in [4.78, 5) is 0. The molecule has 0 bridgehead atoms. The third kappa shape index (κ3) is 6.76. The number of halogens is 1. The van der Waals surface area contributed by atoms with Gasteiger partial charge in [-0.05, 0) is 54.4 Å². The van der Waals surface area contributed by atoms with Gasteiger partial charge in [0.15, 0.2) is 0 Å². The average Bonchev–Trinajstić information content (AvgIpc) is 2.33. The first-order valence-electron chi connectivity index (χ1n) is 6.40. The van der Waals surface area contributed by atoms with Crippen LogP contribution in [0.15, 0.2) is 34.3 Å². The van der Waals surface area contributed by atoms with Crippen LogP contribution in [0.3, 0.4) is 0 Å². The third-order valence-corrected chi connectivity index (χ3v) is 3.17. The lowest BCUT2D eigenvalue weighted by atomic mass is 10.2. The van der Waals surface area contributed by atoms with Crippen molar-refractivity contribution in [1.82, 2.24) is 5.32 Å². The number of ether oxygens (including phenoxy) is 1. The summed E-state index contributed by atoms with van der Waals surface area (Å²) in [5.74, 6) is 0.758. The zero-order valence-corrected chi connectivity index (χ0v) is 13.3. The van der Waals surface area contributed by atoms with Gasteiger partial charge in [-0.15, -0.1) is 0 Å². The molecule has 1 atom stereocenters.